The van der Waals surface area contributed by atoms with Crippen LogP contribution in [0.25, 0.3) is 0 Å². The maximum atomic E-state index is 11.8. The molecule has 1 aromatic rings. The van der Waals surface area contributed by atoms with Crippen molar-refractivity contribution in [2.45, 2.75) is 33.1 Å². The van der Waals surface area contributed by atoms with Crippen molar-refractivity contribution < 1.29 is 9.59 Å². The van der Waals surface area contributed by atoms with Crippen LogP contribution in [0.3, 0.4) is 0 Å². The number of rotatable bonds is 4. The Hall–Kier alpha value is -2.04. The van der Waals surface area contributed by atoms with E-state index in [-0.39, 0.29) is 0 Å². The van der Waals surface area contributed by atoms with Gasteiger partial charge in [0.05, 0.1) is 0 Å². The topological polar surface area (TPSA) is 61.4 Å². The van der Waals surface area contributed by atoms with Crippen LogP contribution in [0.5, 0.6) is 0 Å². The quantitative estimate of drug-likeness (QED) is 0.840. The summed E-state index contributed by atoms with van der Waals surface area (Å²) in [5.74, 6) is -0.888. The van der Waals surface area contributed by atoms with Crippen LogP contribution in [0, 0.1) is 5.92 Å². The van der Waals surface area contributed by atoms with Crippen molar-refractivity contribution in [1.29, 1.82) is 0 Å². The Kier molecular flexibility index (Phi) is 5.81. The van der Waals surface area contributed by atoms with Gasteiger partial charge in [0, 0.05) is 31.0 Å². The van der Waals surface area contributed by atoms with Crippen LogP contribution in [0.15, 0.2) is 24.3 Å². The molecule has 1 fully saturated rings. The molecule has 0 bridgehead atoms. The normalized spacial score (nSPS) is 14.8. The van der Waals surface area contributed by atoms with E-state index in [9.17, 15) is 9.59 Å². The second-order valence-electron chi connectivity index (χ2n) is 6.15. The number of hydrogen-bond acceptors (Lipinski definition) is 3. The van der Waals surface area contributed by atoms with E-state index in [0.717, 1.165) is 13.1 Å². The molecule has 22 heavy (non-hydrogen) atoms. The molecule has 5 nitrogen and oxygen atoms in total. The second kappa shape index (κ2) is 7.82. The van der Waals surface area contributed by atoms with Gasteiger partial charge >= 0.3 is 11.8 Å². The van der Waals surface area contributed by atoms with E-state index in [1.54, 1.807) is 0 Å². The highest BCUT2D eigenvalue weighted by molar-refractivity contribution is 6.39. The Labute approximate surface area is 132 Å². The van der Waals surface area contributed by atoms with Gasteiger partial charge in [0.1, 0.15) is 0 Å². The third kappa shape index (κ3) is 4.76. The van der Waals surface area contributed by atoms with E-state index < -0.39 is 11.8 Å². The van der Waals surface area contributed by atoms with Crippen molar-refractivity contribution >= 4 is 23.2 Å². The van der Waals surface area contributed by atoms with Gasteiger partial charge in [-0.2, -0.15) is 0 Å². The standard InChI is InChI=1S/C17H25N3O2/c1-13(2)12-18-16(21)17(22)19-14-6-8-15(9-7-14)20-10-4-3-5-11-20/h6-9,13H,3-5,10-12H2,1-2H3,(H,18,21)(H,19,22). The molecule has 120 valence electrons. The van der Waals surface area contributed by atoms with Gasteiger partial charge in [-0.25, -0.2) is 0 Å². The van der Waals surface area contributed by atoms with Crippen molar-refractivity contribution in [1.82, 2.24) is 5.32 Å². The summed E-state index contributed by atoms with van der Waals surface area (Å²) in [4.78, 5) is 25.8. The molecule has 1 aliphatic heterocycles. The van der Waals surface area contributed by atoms with Crippen molar-refractivity contribution in [3.05, 3.63) is 24.3 Å². The predicted octanol–water partition coefficient (Wildman–Crippen LogP) is 2.39. The van der Waals surface area contributed by atoms with E-state index in [1.807, 2.05) is 38.1 Å². The third-order valence-corrected chi connectivity index (χ3v) is 3.72. The van der Waals surface area contributed by atoms with Gasteiger partial charge in [0.15, 0.2) is 0 Å². The highest BCUT2D eigenvalue weighted by Crippen LogP contribution is 2.21. The van der Waals surface area contributed by atoms with Gasteiger partial charge in [-0.15, -0.1) is 0 Å². The van der Waals surface area contributed by atoms with E-state index in [4.69, 9.17) is 0 Å². The van der Waals surface area contributed by atoms with Crippen molar-refractivity contribution in [2.24, 2.45) is 5.92 Å². The first-order chi connectivity index (χ1) is 10.6. The Morgan fingerprint density at radius 1 is 1.05 bits per heavy atom. The summed E-state index contributed by atoms with van der Waals surface area (Å²) in [6.45, 7) is 6.64. The maximum Gasteiger partial charge on any atom is 0.313 e. The van der Waals surface area contributed by atoms with E-state index >= 15 is 0 Å². The van der Waals surface area contributed by atoms with Crippen LogP contribution in [0.1, 0.15) is 33.1 Å². The van der Waals surface area contributed by atoms with Gasteiger partial charge in [0.25, 0.3) is 0 Å². The predicted molar refractivity (Wildman–Crippen MR) is 89.0 cm³/mol. The summed E-state index contributed by atoms with van der Waals surface area (Å²) < 4.78 is 0. The summed E-state index contributed by atoms with van der Waals surface area (Å²) in [6, 6.07) is 7.68. The first kappa shape index (κ1) is 16.3. The van der Waals surface area contributed by atoms with Crippen LogP contribution in [0.2, 0.25) is 0 Å². The first-order valence-corrected chi connectivity index (χ1v) is 8.00. The van der Waals surface area contributed by atoms with Crippen LogP contribution in [-0.2, 0) is 9.59 Å². The molecule has 1 aliphatic rings. The van der Waals surface area contributed by atoms with Gasteiger partial charge < -0.3 is 15.5 Å². The molecule has 0 saturated carbocycles. The molecule has 0 radical (unpaired) electrons. The van der Waals surface area contributed by atoms with E-state index in [1.165, 1.54) is 24.9 Å². The molecule has 0 unspecified atom stereocenters. The molecule has 1 heterocycles. The lowest BCUT2D eigenvalue weighted by molar-refractivity contribution is -0.136. The molecule has 0 spiro atoms. The number of hydrogen-bond donors (Lipinski definition) is 2. The average Bonchev–Trinajstić information content (AvgIpc) is 2.54. The number of nitrogens with zero attached hydrogens (tertiary/aromatic N) is 1. The fourth-order valence-electron chi connectivity index (χ4n) is 2.47. The third-order valence-electron chi connectivity index (χ3n) is 3.72. The van der Waals surface area contributed by atoms with Crippen LogP contribution in [-0.4, -0.2) is 31.4 Å². The second-order valence-corrected chi connectivity index (χ2v) is 6.15. The number of nitrogens with one attached hydrogen (secondary N) is 2. The number of piperidine rings is 1. The Morgan fingerprint density at radius 3 is 2.27 bits per heavy atom. The fourth-order valence-corrected chi connectivity index (χ4v) is 2.47. The molecular weight excluding hydrogens is 278 g/mol. The molecule has 0 atom stereocenters. The molecule has 0 aromatic heterocycles. The van der Waals surface area contributed by atoms with E-state index in [0.29, 0.717) is 18.2 Å². The number of benzene rings is 1. The molecule has 2 N–H and O–H groups in total. The van der Waals surface area contributed by atoms with Crippen molar-refractivity contribution in [3.8, 4) is 0 Å². The highest BCUT2D eigenvalue weighted by atomic mass is 16.2. The summed E-state index contributed by atoms with van der Waals surface area (Å²) in [5.41, 5.74) is 1.81. The SMILES string of the molecule is CC(C)CNC(=O)C(=O)Nc1ccc(N2CCCCC2)cc1. The zero-order valence-electron chi connectivity index (χ0n) is 13.4. The summed E-state index contributed by atoms with van der Waals surface area (Å²) in [5, 5.41) is 5.23. The molecule has 0 aliphatic carbocycles. The lowest BCUT2D eigenvalue weighted by atomic mass is 10.1. The summed E-state index contributed by atoms with van der Waals surface area (Å²) >= 11 is 0. The van der Waals surface area contributed by atoms with Gasteiger partial charge in [0.2, 0.25) is 0 Å². The minimum Gasteiger partial charge on any atom is -0.372 e. The molecule has 5 heteroatoms. The Bertz CT molecular complexity index is 505. The average molecular weight is 303 g/mol. The molecule has 2 amide bonds. The fraction of sp³-hybridized carbons (Fsp3) is 0.529. The molecule has 1 aromatic carbocycles. The van der Waals surface area contributed by atoms with Crippen molar-refractivity contribution in [3.63, 3.8) is 0 Å². The van der Waals surface area contributed by atoms with Gasteiger partial charge in [-0.1, -0.05) is 13.8 Å². The maximum absolute atomic E-state index is 11.8. The number of carbonyl (C=O) groups is 2. The zero-order chi connectivity index (χ0) is 15.9. The van der Waals surface area contributed by atoms with Crippen LogP contribution < -0.4 is 15.5 Å². The monoisotopic (exact) mass is 303 g/mol. The largest absolute Gasteiger partial charge is 0.372 e. The summed E-state index contributed by atoms with van der Waals surface area (Å²) in [6.07, 6.45) is 3.76. The van der Waals surface area contributed by atoms with Gasteiger partial charge in [-0.3, -0.25) is 9.59 Å². The smallest absolute Gasteiger partial charge is 0.313 e. The van der Waals surface area contributed by atoms with E-state index in [2.05, 4.69) is 15.5 Å². The first-order valence-electron chi connectivity index (χ1n) is 8.00. The minimum atomic E-state index is -0.619. The zero-order valence-corrected chi connectivity index (χ0v) is 13.4. The van der Waals surface area contributed by atoms with Crippen molar-refractivity contribution in [2.75, 3.05) is 29.9 Å². The highest BCUT2D eigenvalue weighted by Gasteiger charge is 2.14. The minimum absolute atomic E-state index is 0.320. The molecular formula is C17H25N3O2. The molecule has 2 rings (SSSR count). The lowest BCUT2D eigenvalue weighted by Crippen LogP contribution is -2.37. The lowest BCUT2D eigenvalue weighted by Gasteiger charge is -2.28. The Balaban J connectivity index is 1.87. The number of carbonyl (C=O) groups excluding carboxylic acids is 2. The number of anilines is 2. The summed E-state index contributed by atoms with van der Waals surface area (Å²) in [7, 11) is 0. The molecule has 1 saturated heterocycles. The Morgan fingerprint density at radius 2 is 1.68 bits per heavy atom. The van der Waals surface area contributed by atoms with Crippen LogP contribution in [0.4, 0.5) is 11.4 Å². The number of amides is 2. The van der Waals surface area contributed by atoms with Crippen LogP contribution >= 0.6 is 0 Å². The van der Waals surface area contributed by atoms with Gasteiger partial charge in [-0.05, 0) is 49.4 Å².